The molecule has 0 spiro atoms. The van der Waals surface area contributed by atoms with Crippen LogP contribution in [0.2, 0.25) is 0 Å². The molecule has 0 fully saturated rings. The summed E-state index contributed by atoms with van der Waals surface area (Å²) in [5, 5.41) is 0. The molecule has 1 aromatic rings. The predicted octanol–water partition coefficient (Wildman–Crippen LogP) is 4.12. The van der Waals surface area contributed by atoms with Crippen molar-refractivity contribution >= 4 is 5.97 Å². The summed E-state index contributed by atoms with van der Waals surface area (Å²) in [5.41, 5.74) is 1.80. The van der Waals surface area contributed by atoms with E-state index in [0.717, 1.165) is 31.2 Å². The highest BCUT2D eigenvalue weighted by Gasteiger charge is 2.13. The molecule has 0 aliphatic heterocycles. The third-order valence-corrected chi connectivity index (χ3v) is 2.90. The summed E-state index contributed by atoms with van der Waals surface area (Å²) in [6, 6.07) is 7.52. The fourth-order valence-corrected chi connectivity index (χ4v) is 1.69. The minimum Gasteiger partial charge on any atom is -0.459 e. The van der Waals surface area contributed by atoms with Gasteiger partial charge in [0.15, 0.2) is 0 Å². The van der Waals surface area contributed by atoms with Crippen molar-refractivity contribution in [2.45, 2.75) is 52.6 Å². The summed E-state index contributed by atoms with van der Waals surface area (Å²) in [6.45, 7) is 6.21. The molecule has 2 heteroatoms. The lowest BCUT2D eigenvalue weighted by Crippen LogP contribution is -2.17. The molecule has 17 heavy (non-hydrogen) atoms. The molecule has 0 heterocycles. The number of aryl methyl sites for hydroxylation is 1. The van der Waals surface area contributed by atoms with Crippen LogP contribution in [0.1, 0.15) is 55.5 Å². The Morgan fingerprint density at radius 2 is 1.88 bits per heavy atom. The maximum absolute atomic E-state index is 11.9. The van der Waals surface area contributed by atoms with Crippen molar-refractivity contribution in [1.29, 1.82) is 0 Å². The van der Waals surface area contributed by atoms with Gasteiger partial charge in [-0.2, -0.15) is 0 Å². The summed E-state index contributed by atoms with van der Waals surface area (Å²) < 4.78 is 5.49. The summed E-state index contributed by atoms with van der Waals surface area (Å²) in [7, 11) is 0. The van der Waals surface area contributed by atoms with Crippen molar-refractivity contribution in [1.82, 2.24) is 0 Å². The third kappa shape index (κ3) is 4.59. The smallest absolute Gasteiger partial charge is 0.338 e. The van der Waals surface area contributed by atoms with Crippen LogP contribution in [0.5, 0.6) is 0 Å². The molecular formula is C15H22O2. The lowest BCUT2D eigenvalue weighted by atomic mass is 10.1. The number of unbranched alkanes of at least 4 members (excludes halogenated alkanes) is 1. The van der Waals surface area contributed by atoms with Crippen LogP contribution in [0.15, 0.2) is 24.3 Å². The lowest BCUT2D eigenvalue weighted by molar-refractivity contribution is 0.0268. The fraction of sp³-hybridized carbons (Fsp3) is 0.533. The number of carbonyl (C=O) groups is 1. The first-order valence-electron chi connectivity index (χ1n) is 6.45. The van der Waals surface area contributed by atoms with Crippen molar-refractivity contribution in [2.75, 3.05) is 0 Å². The molecule has 1 atom stereocenters. The van der Waals surface area contributed by atoms with Gasteiger partial charge in [-0.15, -0.1) is 0 Å². The van der Waals surface area contributed by atoms with E-state index in [1.807, 2.05) is 31.2 Å². The van der Waals surface area contributed by atoms with Crippen LogP contribution >= 0.6 is 0 Å². The quantitative estimate of drug-likeness (QED) is 0.692. The van der Waals surface area contributed by atoms with Crippen LogP contribution in [0.4, 0.5) is 0 Å². The summed E-state index contributed by atoms with van der Waals surface area (Å²) in [4.78, 5) is 11.9. The second-order valence-electron chi connectivity index (χ2n) is 4.44. The monoisotopic (exact) mass is 234 g/mol. The van der Waals surface area contributed by atoms with E-state index in [1.54, 1.807) is 0 Å². The predicted molar refractivity (Wildman–Crippen MR) is 70.2 cm³/mol. The average Bonchev–Trinajstić information content (AvgIpc) is 2.35. The summed E-state index contributed by atoms with van der Waals surface area (Å²) >= 11 is 0. The molecular weight excluding hydrogens is 212 g/mol. The highest BCUT2D eigenvalue weighted by Crippen LogP contribution is 2.12. The standard InChI is InChI=1S/C15H22O2/c1-4-6-7-14(5-2)17-15(16)13-10-8-12(3)9-11-13/h8-11,14H,4-7H2,1-3H3. The Hall–Kier alpha value is -1.31. The Morgan fingerprint density at radius 1 is 1.24 bits per heavy atom. The van der Waals surface area contributed by atoms with Crippen LogP contribution in [-0.4, -0.2) is 12.1 Å². The van der Waals surface area contributed by atoms with E-state index in [0.29, 0.717) is 5.56 Å². The Bertz CT molecular complexity index is 340. The van der Waals surface area contributed by atoms with E-state index in [2.05, 4.69) is 13.8 Å². The zero-order valence-electron chi connectivity index (χ0n) is 11.0. The van der Waals surface area contributed by atoms with Crippen LogP contribution in [0.3, 0.4) is 0 Å². The van der Waals surface area contributed by atoms with E-state index in [4.69, 9.17) is 4.74 Å². The van der Waals surface area contributed by atoms with Crippen molar-refractivity contribution < 1.29 is 9.53 Å². The van der Waals surface area contributed by atoms with E-state index in [9.17, 15) is 4.79 Å². The zero-order valence-corrected chi connectivity index (χ0v) is 11.0. The number of hydrogen-bond acceptors (Lipinski definition) is 2. The van der Waals surface area contributed by atoms with E-state index >= 15 is 0 Å². The van der Waals surface area contributed by atoms with Crippen LogP contribution in [0.25, 0.3) is 0 Å². The molecule has 0 bridgehead atoms. The third-order valence-electron chi connectivity index (χ3n) is 2.90. The van der Waals surface area contributed by atoms with Gasteiger partial charge in [-0.25, -0.2) is 4.79 Å². The van der Waals surface area contributed by atoms with Crippen molar-refractivity contribution in [3.8, 4) is 0 Å². The molecule has 1 rings (SSSR count). The second kappa shape index (κ2) is 7.10. The number of carbonyl (C=O) groups excluding carboxylic acids is 1. The van der Waals surface area contributed by atoms with Crippen molar-refractivity contribution in [3.63, 3.8) is 0 Å². The molecule has 0 saturated heterocycles. The Labute approximate surface area is 104 Å². The zero-order chi connectivity index (χ0) is 12.7. The van der Waals surface area contributed by atoms with Gasteiger partial charge in [0, 0.05) is 0 Å². The Kier molecular flexibility index (Phi) is 5.75. The van der Waals surface area contributed by atoms with Gasteiger partial charge < -0.3 is 4.74 Å². The fourth-order valence-electron chi connectivity index (χ4n) is 1.69. The van der Waals surface area contributed by atoms with Crippen molar-refractivity contribution in [3.05, 3.63) is 35.4 Å². The van der Waals surface area contributed by atoms with Gasteiger partial charge in [-0.3, -0.25) is 0 Å². The first-order chi connectivity index (χ1) is 8.17. The SMILES string of the molecule is CCCCC(CC)OC(=O)c1ccc(C)cc1. The highest BCUT2D eigenvalue weighted by molar-refractivity contribution is 5.89. The molecule has 0 aliphatic carbocycles. The first kappa shape index (κ1) is 13.8. The Morgan fingerprint density at radius 3 is 2.41 bits per heavy atom. The molecule has 0 aromatic heterocycles. The van der Waals surface area contributed by atoms with Gasteiger partial charge in [0.05, 0.1) is 5.56 Å². The molecule has 0 radical (unpaired) electrons. The van der Waals surface area contributed by atoms with E-state index < -0.39 is 0 Å². The average molecular weight is 234 g/mol. The van der Waals surface area contributed by atoms with Gasteiger partial charge in [-0.05, 0) is 31.9 Å². The largest absolute Gasteiger partial charge is 0.459 e. The molecule has 0 aliphatic rings. The number of esters is 1. The minimum absolute atomic E-state index is 0.0590. The molecule has 0 amide bonds. The maximum Gasteiger partial charge on any atom is 0.338 e. The number of rotatable bonds is 6. The van der Waals surface area contributed by atoms with Crippen LogP contribution in [0, 0.1) is 6.92 Å². The van der Waals surface area contributed by atoms with Crippen LogP contribution in [-0.2, 0) is 4.74 Å². The maximum atomic E-state index is 11.9. The van der Waals surface area contributed by atoms with E-state index in [-0.39, 0.29) is 12.1 Å². The molecule has 2 nitrogen and oxygen atoms in total. The Balaban J connectivity index is 2.54. The molecule has 1 aromatic carbocycles. The van der Waals surface area contributed by atoms with Gasteiger partial charge in [0.25, 0.3) is 0 Å². The van der Waals surface area contributed by atoms with E-state index in [1.165, 1.54) is 0 Å². The normalized spacial score (nSPS) is 12.2. The summed E-state index contributed by atoms with van der Waals surface area (Å²) in [6.07, 6.45) is 4.16. The number of ether oxygens (including phenoxy) is 1. The van der Waals surface area contributed by atoms with Gasteiger partial charge in [-0.1, -0.05) is 44.4 Å². The minimum atomic E-state index is -0.201. The number of benzene rings is 1. The van der Waals surface area contributed by atoms with Crippen molar-refractivity contribution in [2.24, 2.45) is 0 Å². The van der Waals surface area contributed by atoms with Crippen LogP contribution < -0.4 is 0 Å². The lowest BCUT2D eigenvalue weighted by Gasteiger charge is -2.15. The number of hydrogen-bond donors (Lipinski definition) is 0. The second-order valence-corrected chi connectivity index (χ2v) is 4.44. The molecule has 94 valence electrons. The summed E-state index contributed by atoms with van der Waals surface area (Å²) in [5.74, 6) is -0.201. The van der Waals surface area contributed by atoms with Gasteiger partial charge >= 0.3 is 5.97 Å². The van der Waals surface area contributed by atoms with Gasteiger partial charge in [0.2, 0.25) is 0 Å². The first-order valence-corrected chi connectivity index (χ1v) is 6.45. The molecule has 0 saturated carbocycles. The van der Waals surface area contributed by atoms with Gasteiger partial charge in [0.1, 0.15) is 6.10 Å². The highest BCUT2D eigenvalue weighted by atomic mass is 16.5. The molecule has 1 unspecified atom stereocenters. The molecule has 0 N–H and O–H groups in total. The topological polar surface area (TPSA) is 26.3 Å².